The fourth-order valence-electron chi connectivity index (χ4n) is 1.77. The predicted octanol–water partition coefficient (Wildman–Crippen LogP) is 0.927. The van der Waals surface area contributed by atoms with Gasteiger partial charge >= 0.3 is 0 Å². The Hall–Kier alpha value is -0.720. The molecule has 1 saturated heterocycles. The number of hydrogen-bond donors (Lipinski definition) is 2. The number of rotatable bonds is 5. The highest BCUT2D eigenvalue weighted by molar-refractivity contribution is 7.15. The standard InChI is InChI=1S/C10H18N4OS/c1-2-4-11-10-13-12-9(16-10)7-14-5-3-8(15)6-14/h8,15H,2-7H2,1H3,(H,11,13). The van der Waals surface area contributed by atoms with Gasteiger partial charge in [0.15, 0.2) is 0 Å². The Morgan fingerprint density at radius 3 is 3.12 bits per heavy atom. The molecule has 16 heavy (non-hydrogen) atoms. The molecule has 0 bridgehead atoms. The average molecular weight is 242 g/mol. The van der Waals surface area contributed by atoms with Crippen LogP contribution in [0.5, 0.6) is 0 Å². The second-order valence-electron chi connectivity index (χ2n) is 4.11. The molecule has 0 aromatic carbocycles. The third-order valence-corrected chi connectivity index (χ3v) is 3.47. The molecule has 5 nitrogen and oxygen atoms in total. The van der Waals surface area contributed by atoms with E-state index in [1.165, 1.54) is 0 Å². The highest BCUT2D eigenvalue weighted by atomic mass is 32.1. The van der Waals surface area contributed by atoms with Crippen molar-refractivity contribution in [1.82, 2.24) is 15.1 Å². The first kappa shape index (κ1) is 11.8. The third kappa shape index (κ3) is 3.13. The van der Waals surface area contributed by atoms with Crippen molar-refractivity contribution in [3.8, 4) is 0 Å². The number of β-amino-alcohol motifs (C(OH)–C–C–N with tert-alkyl or cyclic N) is 1. The lowest BCUT2D eigenvalue weighted by Crippen LogP contribution is -2.21. The van der Waals surface area contributed by atoms with Crippen molar-refractivity contribution in [3.05, 3.63) is 5.01 Å². The molecule has 1 aromatic rings. The van der Waals surface area contributed by atoms with Crippen molar-refractivity contribution >= 4 is 16.5 Å². The molecule has 1 aromatic heterocycles. The molecule has 0 saturated carbocycles. The molecule has 1 aliphatic rings. The fourth-order valence-corrected chi connectivity index (χ4v) is 2.58. The molecule has 1 atom stereocenters. The first-order valence-corrected chi connectivity index (χ1v) is 6.56. The summed E-state index contributed by atoms with van der Waals surface area (Å²) in [6.45, 7) is 5.59. The molecule has 1 aliphatic heterocycles. The van der Waals surface area contributed by atoms with E-state index in [-0.39, 0.29) is 6.10 Å². The topological polar surface area (TPSA) is 61.3 Å². The number of nitrogens with one attached hydrogen (secondary N) is 1. The van der Waals surface area contributed by atoms with Crippen molar-refractivity contribution in [2.24, 2.45) is 0 Å². The van der Waals surface area contributed by atoms with Gasteiger partial charge in [-0.1, -0.05) is 18.3 Å². The van der Waals surface area contributed by atoms with Crippen LogP contribution in [-0.4, -0.2) is 45.9 Å². The van der Waals surface area contributed by atoms with Crippen LogP contribution in [0, 0.1) is 0 Å². The summed E-state index contributed by atoms with van der Waals surface area (Å²) < 4.78 is 0. The quantitative estimate of drug-likeness (QED) is 0.804. The minimum atomic E-state index is -0.161. The number of aromatic nitrogens is 2. The van der Waals surface area contributed by atoms with Crippen LogP contribution in [0.3, 0.4) is 0 Å². The lowest BCUT2D eigenvalue weighted by molar-refractivity contribution is 0.174. The van der Waals surface area contributed by atoms with Crippen molar-refractivity contribution in [2.45, 2.75) is 32.4 Å². The van der Waals surface area contributed by atoms with Gasteiger partial charge in [-0.3, -0.25) is 4.90 Å². The average Bonchev–Trinajstić information content (AvgIpc) is 2.86. The number of aliphatic hydroxyl groups is 1. The van der Waals surface area contributed by atoms with Crippen molar-refractivity contribution < 1.29 is 5.11 Å². The Kier molecular flexibility index (Phi) is 4.09. The van der Waals surface area contributed by atoms with Crippen molar-refractivity contribution in [1.29, 1.82) is 0 Å². The van der Waals surface area contributed by atoms with Crippen LogP contribution in [0.2, 0.25) is 0 Å². The lowest BCUT2D eigenvalue weighted by Gasteiger charge is -2.11. The first-order chi connectivity index (χ1) is 7.78. The van der Waals surface area contributed by atoms with Gasteiger partial charge in [-0.15, -0.1) is 10.2 Å². The highest BCUT2D eigenvalue weighted by Crippen LogP contribution is 2.19. The monoisotopic (exact) mass is 242 g/mol. The van der Waals surface area contributed by atoms with E-state index in [1.54, 1.807) is 11.3 Å². The molecule has 0 amide bonds. The predicted molar refractivity (Wildman–Crippen MR) is 64.6 cm³/mol. The highest BCUT2D eigenvalue weighted by Gasteiger charge is 2.21. The van der Waals surface area contributed by atoms with Crippen LogP contribution in [0.15, 0.2) is 0 Å². The summed E-state index contributed by atoms with van der Waals surface area (Å²) in [6.07, 6.45) is 1.80. The van der Waals surface area contributed by atoms with Crippen LogP contribution in [-0.2, 0) is 6.54 Å². The van der Waals surface area contributed by atoms with E-state index in [2.05, 4.69) is 27.3 Å². The Labute approximate surface area is 99.5 Å². The van der Waals surface area contributed by atoms with Gasteiger partial charge in [-0.2, -0.15) is 0 Å². The van der Waals surface area contributed by atoms with Crippen LogP contribution < -0.4 is 5.32 Å². The zero-order valence-electron chi connectivity index (χ0n) is 9.52. The lowest BCUT2D eigenvalue weighted by atomic mass is 10.3. The maximum atomic E-state index is 9.41. The summed E-state index contributed by atoms with van der Waals surface area (Å²) in [5.74, 6) is 0. The maximum absolute atomic E-state index is 9.41. The number of hydrogen-bond acceptors (Lipinski definition) is 6. The second-order valence-corrected chi connectivity index (χ2v) is 5.17. The van der Waals surface area contributed by atoms with E-state index in [0.717, 1.165) is 49.2 Å². The van der Waals surface area contributed by atoms with Gasteiger partial charge in [0.2, 0.25) is 5.13 Å². The Morgan fingerprint density at radius 2 is 2.44 bits per heavy atom. The molecule has 1 unspecified atom stereocenters. The maximum Gasteiger partial charge on any atom is 0.205 e. The van der Waals surface area contributed by atoms with E-state index in [0.29, 0.717) is 0 Å². The molecule has 1 fully saturated rings. The molecule has 0 radical (unpaired) electrons. The summed E-state index contributed by atoms with van der Waals surface area (Å²) in [5, 5.41) is 22.8. The van der Waals surface area contributed by atoms with Gasteiger partial charge in [-0.25, -0.2) is 0 Å². The van der Waals surface area contributed by atoms with E-state index in [4.69, 9.17) is 0 Å². The number of nitrogens with zero attached hydrogens (tertiary/aromatic N) is 3. The summed E-state index contributed by atoms with van der Waals surface area (Å²) >= 11 is 1.60. The van der Waals surface area contributed by atoms with Gasteiger partial charge in [0.1, 0.15) is 5.01 Å². The van der Waals surface area contributed by atoms with Crippen LogP contribution in [0.4, 0.5) is 5.13 Å². The Bertz CT molecular complexity index is 330. The number of aliphatic hydroxyl groups excluding tert-OH is 1. The summed E-state index contributed by atoms with van der Waals surface area (Å²) in [4.78, 5) is 2.22. The second kappa shape index (κ2) is 5.56. The van der Waals surface area contributed by atoms with E-state index >= 15 is 0 Å². The summed E-state index contributed by atoms with van der Waals surface area (Å²) in [6, 6.07) is 0. The van der Waals surface area contributed by atoms with Crippen LogP contribution in [0.1, 0.15) is 24.8 Å². The smallest absolute Gasteiger partial charge is 0.205 e. The van der Waals surface area contributed by atoms with Gasteiger partial charge in [-0.05, 0) is 12.8 Å². The zero-order valence-corrected chi connectivity index (χ0v) is 10.3. The van der Waals surface area contributed by atoms with Gasteiger partial charge in [0.05, 0.1) is 12.6 Å². The molecule has 2 heterocycles. The molecule has 0 spiro atoms. The molecular weight excluding hydrogens is 224 g/mol. The Morgan fingerprint density at radius 1 is 1.56 bits per heavy atom. The Balaban J connectivity index is 1.83. The van der Waals surface area contributed by atoms with E-state index in [1.807, 2.05) is 0 Å². The molecular formula is C10H18N4OS. The molecule has 90 valence electrons. The minimum Gasteiger partial charge on any atom is -0.392 e. The van der Waals surface area contributed by atoms with E-state index in [9.17, 15) is 5.11 Å². The molecule has 2 N–H and O–H groups in total. The van der Waals surface area contributed by atoms with E-state index < -0.39 is 0 Å². The third-order valence-electron chi connectivity index (χ3n) is 2.60. The zero-order chi connectivity index (χ0) is 11.4. The molecule has 6 heteroatoms. The largest absolute Gasteiger partial charge is 0.392 e. The van der Waals surface area contributed by atoms with Crippen LogP contribution in [0.25, 0.3) is 0 Å². The number of anilines is 1. The van der Waals surface area contributed by atoms with Gasteiger partial charge < -0.3 is 10.4 Å². The molecule has 2 rings (SSSR count). The minimum absolute atomic E-state index is 0.161. The fraction of sp³-hybridized carbons (Fsp3) is 0.800. The van der Waals surface area contributed by atoms with Crippen LogP contribution >= 0.6 is 11.3 Å². The SMILES string of the molecule is CCCNc1nnc(CN2CCC(O)C2)s1. The normalized spacial score (nSPS) is 21.5. The van der Waals surface area contributed by atoms with Gasteiger partial charge in [0, 0.05) is 19.6 Å². The first-order valence-electron chi connectivity index (χ1n) is 5.74. The number of likely N-dealkylation sites (tertiary alicyclic amines) is 1. The van der Waals surface area contributed by atoms with Crippen molar-refractivity contribution in [3.63, 3.8) is 0 Å². The summed E-state index contributed by atoms with van der Waals surface area (Å²) in [7, 11) is 0. The molecule has 0 aliphatic carbocycles. The summed E-state index contributed by atoms with van der Waals surface area (Å²) in [5.41, 5.74) is 0. The van der Waals surface area contributed by atoms with Crippen molar-refractivity contribution in [2.75, 3.05) is 25.0 Å². The van der Waals surface area contributed by atoms with Gasteiger partial charge in [0.25, 0.3) is 0 Å².